The van der Waals surface area contributed by atoms with Gasteiger partial charge in [0.15, 0.2) is 0 Å². The van der Waals surface area contributed by atoms with Crippen molar-refractivity contribution in [3.05, 3.63) is 12.2 Å². The van der Waals surface area contributed by atoms with Crippen LogP contribution >= 0.6 is 0 Å². The van der Waals surface area contributed by atoms with Gasteiger partial charge in [0.25, 0.3) is 0 Å². The fraction of sp³-hybridized carbons (Fsp3) is 0.850. The normalized spacial score (nSPS) is 19.5. The Balaban J connectivity index is 5.51. The second kappa shape index (κ2) is 12.6. The van der Waals surface area contributed by atoms with E-state index < -0.39 is 54.6 Å². The second-order valence-electron chi connectivity index (χ2n) is 7.90. The first-order valence-electron chi connectivity index (χ1n) is 9.67. The number of unbranched alkanes of at least 4 members (excludes halogenated alkanes) is 1. The number of carbonyl (C=O) groups excluding carboxylic acids is 1. The molecule has 7 nitrogen and oxygen atoms in total. The number of aliphatic hydroxyl groups excluding tert-OH is 4. The van der Waals surface area contributed by atoms with Crippen LogP contribution in [0.4, 0.5) is 0 Å². The molecular weight excluding hydrogens is 352 g/mol. The lowest BCUT2D eigenvalue weighted by Crippen LogP contribution is -2.52. The highest BCUT2D eigenvalue weighted by Gasteiger charge is 2.45. The molecule has 0 aliphatic rings. The first-order valence-corrected chi connectivity index (χ1v) is 9.67. The maximum atomic E-state index is 12.9. The van der Waals surface area contributed by atoms with Crippen molar-refractivity contribution in [1.82, 2.24) is 0 Å². The van der Waals surface area contributed by atoms with Crippen LogP contribution in [0.2, 0.25) is 0 Å². The van der Waals surface area contributed by atoms with E-state index in [1.165, 1.54) is 0 Å². The van der Waals surface area contributed by atoms with E-state index >= 15 is 0 Å². The van der Waals surface area contributed by atoms with Crippen molar-refractivity contribution in [3.8, 4) is 0 Å². The van der Waals surface area contributed by atoms with Crippen molar-refractivity contribution in [2.24, 2.45) is 23.2 Å². The van der Waals surface area contributed by atoms with E-state index in [9.17, 15) is 25.2 Å². The van der Waals surface area contributed by atoms with Gasteiger partial charge in [-0.25, -0.2) is 4.89 Å². The maximum absolute atomic E-state index is 12.9. The predicted molar refractivity (Wildman–Crippen MR) is 103 cm³/mol. The molecule has 0 fully saturated rings. The van der Waals surface area contributed by atoms with Crippen molar-refractivity contribution in [1.29, 1.82) is 0 Å². The minimum atomic E-state index is -1.35. The van der Waals surface area contributed by atoms with E-state index in [0.717, 1.165) is 6.42 Å². The number of allylic oxidation sites excluding steroid dienone is 1. The van der Waals surface area contributed by atoms with Crippen molar-refractivity contribution < 1.29 is 35.4 Å². The third-order valence-electron chi connectivity index (χ3n) is 5.40. The summed E-state index contributed by atoms with van der Waals surface area (Å²) in [7, 11) is 0. The van der Waals surface area contributed by atoms with Gasteiger partial charge in [0.05, 0.1) is 43.4 Å². The molecule has 5 unspecified atom stereocenters. The average Bonchev–Trinajstić information content (AvgIpc) is 2.63. The summed E-state index contributed by atoms with van der Waals surface area (Å²) >= 11 is 0. The first kappa shape index (κ1) is 26.2. The topological polar surface area (TPSA) is 127 Å². The number of aliphatic hydroxyl groups is 4. The molecule has 0 heterocycles. The van der Waals surface area contributed by atoms with Crippen molar-refractivity contribution in [2.45, 2.75) is 72.2 Å². The molecule has 6 atom stereocenters. The number of ketones is 1. The van der Waals surface area contributed by atoms with Crippen LogP contribution < -0.4 is 0 Å². The van der Waals surface area contributed by atoms with Gasteiger partial charge in [0.2, 0.25) is 0 Å². The second-order valence-corrected chi connectivity index (χ2v) is 7.90. The highest BCUT2D eigenvalue weighted by molar-refractivity contribution is 5.85. The number of hydrogen-bond donors (Lipinski definition) is 5. The minimum absolute atomic E-state index is 0.263. The summed E-state index contributed by atoms with van der Waals surface area (Å²) in [5.41, 5.74) is -1.10. The van der Waals surface area contributed by atoms with Crippen LogP contribution in [0.25, 0.3) is 0 Å². The molecular formula is C20H38O7. The largest absolute Gasteiger partial charge is 0.396 e. The lowest BCUT2D eigenvalue weighted by molar-refractivity contribution is -0.255. The molecule has 0 aromatic rings. The van der Waals surface area contributed by atoms with E-state index in [2.05, 4.69) is 4.89 Å². The van der Waals surface area contributed by atoms with E-state index in [0.29, 0.717) is 12.8 Å². The molecule has 0 aliphatic carbocycles. The number of carbonyl (C=O) groups is 1. The van der Waals surface area contributed by atoms with Crippen LogP contribution in [0.5, 0.6) is 0 Å². The smallest absolute Gasteiger partial charge is 0.148 e. The molecule has 7 heteroatoms. The summed E-state index contributed by atoms with van der Waals surface area (Å²) in [6, 6.07) is 0. The van der Waals surface area contributed by atoms with Gasteiger partial charge in [0.1, 0.15) is 5.78 Å². The third-order valence-corrected chi connectivity index (χ3v) is 5.40. The summed E-state index contributed by atoms with van der Waals surface area (Å²) in [5, 5.41) is 50.3. The number of hydrogen-bond acceptors (Lipinski definition) is 7. The molecule has 0 rings (SSSR count). The summed E-state index contributed by atoms with van der Waals surface area (Å²) in [4.78, 5) is 17.0. The molecule has 27 heavy (non-hydrogen) atoms. The molecule has 0 amide bonds. The standard InChI is InChI=1S/C20H38O7/c1-6-8-10-16(22)15(12-27-26)17(23)14(11-21)19(25)20(4,5)18(24)13(3)9-7-2/h7,9,13-16,18-19,21-22,24-26H,6,8,10-12H2,1-5H3/t13?,14?,15-,16?,18?,19?/m0/s1. The predicted octanol–water partition coefficient (Wildman–Crippen LogP) is 1.78. The van der Waals surface area contributed by atoms with E-state index in [1.54, 1.807) is 32.9 Å². The Morgan fingerprint density at radius 2 is 1.74 bits per heavy atom. The van der Waals surface area contributed by atoms with E-state index in [1.807, 2.05) is 13.8 Å². The molecule has 0 aliphatic heterocycles. The Morgan fingerprint density at radius 1 is 1.15 bits per heavy atom. The highest BCUT2D eigenvalue weighted by Crippen LogP contribution is 2.35. The summed E-state index contributed by atoms with van der Waals surface area (Å²) in [6.07, 6.45) is 2.09. The van der Waals surface area contributed by atoms with E-state index in [-0.39, 0.29) is 5.92 Å². The minimum Gasteiger partial charge on any atom is -0.396 e. The molecule has 0 saturated heterocycles. The monoisotopic (exact) mass is 390 g/mol. The van der Waals surface area contributed by atoms with Crippen LogP contribution in [0.1, 0.15) is 53.9 Å². The van der Waals surface area contributed by atoms with Crippen molar-refractivity contribution in [2.75, 3.05) is 13.2 Å². The quantitative estimate of drug-likeness (QED) is 0.174. The van der Waals surface area contributed by atoms with Crippen LogP contribution in [-0.2, 0) is 9.68 Å². The zero-order valence-corrected chi connectivity index (χ0v) is 17.2. The third kappa shape index (κ3) is 7.25. The lowest BCUT2D eigenvalue weighted by atomic mass is 9.69. The summed E-state index contributed by atoms with van der Waals surface area (Å²) in [6.45, 7) is 7.76. The fourth-order valence-corrected chi connectivity index (χ4v) is 3.48. The van der Waals surface area contributed by atoms with Crippen LogP contribution in [-0.4, -0.2) is 63.0 Å². The zero-order chi connectivity index (χ0) is 21.2. The van der Waals surface area contributed by atoms with Gasteiger partial charge in [-0.1, -0.05) is 52.7 Å². The molecule has 160 valence electrons. The van der Waals surface area contributed by atoms with E-state index in [4.69, 9.17) is 5.26 Å². The zero-order valence-electron chi connectivity index (χ0n) is 17.2. The Bertz CT molecular complexity index is 450. The van der Waals surface area contributed by atoms with Crippen molar-refractivity contribution >= 4 is 5.78 Å². The molecule has 0 bridgehead atoms. The summed E-state index contributed by atoms with van der Waals surface area (Å²) in [5.74, 6) is -3.15. The first-order chi connectivity index (χ1) is 12.6. The Kier molecular flexibility index (Phi) is 12.2. The van der Waals surface area contributed by atoms with Gasteiger partial charge in [-0.05, 0) is 13.3 Å². The Hall–Kier alpha value is -0.830. The molecule has 0 saturated carbocycles. The molecule has 0 aromatic carbocycles. The molecule has 5 N–H and O–H groups in total. The maximum Gasteiger partial charge on any atom is 0.148 e. The molecule has 0 radical (unpaired) electrons. The van der Waals surface area contributed by atoms with Crippen LogP contribution in [0.15, 0.2) is 12.2 Å². The SMILES string of the molecule is CC=CC(C)C(O)C(C)(C)C(O)C(CO)C(=O)[C@@H](COO)C(O)CCCC. The van der Waals surface area contributed by atoms with Crippen LogP contribution in [0, 0.1) is 23.2 Å². The van der Waals surface area contributed by atoms with Gasteiger partial charge in [-0.2, -0.15) is 0 Å². The average molecular weight is 391 g/mol. The number of rotatable bonds is 14. The van der Waals surface area contributed by atoms with Gasteiger partial charge in [-0.3, -0.25) is 10.1 Å². The summed E-state index contributed by atoms with van der Waals surface area (Å²) < 4.78 is 0. The van der Waals surface area contributed by atoms with Crippen molar-refractivity contribution in [3.63, 3.8) is 0 Å². The van der Waals surface area contributed by atoms with Gasteiger partial charge in [-0.15, -0.1) is 0 Å². The molecule has 0 aromatic heterocycles. The van der Waals surface area contributed by atoms with Gasteiger partial charge < -0.3 is 20.4 Å². The number of Topliss-reactive ketones (excluding diaryl/α,β-unsaturated/α-hetero) is 1. The van der Waals surface area contributed by atoms with Gasteiger partial charge in [0, 0.05) is 11.3 Å². The van der Waals surface area contributed by atoms with Crippen LogP contribution in [0.3, 0.4) is 0 Å². The Morgan fingerprint density at radius 3 is 2.19 bits per heavy atom. The Labute approximate surface area is 162 Å². The lowest BCUT2D eigenvalue weighted by Gasteiger charge is -2.41. The van der Waals surface area contributed by atoms with Gasteiger partial charge >= 0.3 is 0 Å². The highest BCUT2D eigenvalue weighted by atomic mass is 17.1. The molecule has 0 spiro atoms. The fourth-order valence-electron chi connectivity index (χ4n) is 3.48.